The number of carbonyl (C=O) groups is 2. The van der Waals surface area contributed by atoms with E-state index in [1.54, 1.807) is 13.8 Å². The summed E-state index contributed by atoms with van der Waals surface area (Å²) < 4.78 is 13.5. The van der Waals surface area contributed by atoms with Crippen LogP contribution in [0.4, 0.5) is 4.39 Å². The van der Waals surface area contributed by atoms with Crippen LogP contribution in [0.15, 0.2) is 18.2 Å². The fourth-order valence-electron chi connectivity index (χ4n) is 1.90. The number of amides is 2. The minimum absolute atomic E-state index is 0.146. The number of primary amides is 2. The quantitative estimate of drug-likeness (QED) is 0.824. The summed E-state index contributed by atoms with van der Waals surface area (Å²) in [4.78, 5) is 22.6. The predicted molar refractivity (Wildman–Crippen MR) is 61.7 cm³/mol. The molecule has 1 aromatic carbocycles. The zero-order chi connectivity index (χ0) is 13.2. The smallest absolute Gasteiger partial charge is 0.251 e. The topological polar surface area (TPSA) is 86.2 Å². The van der Waals surface area contributed by atoms with Gasteiger partial charge in [-0.3, -0.25) is 9.59 Å². The maximum Gasteiger partial charge on any atom is 0.251 e. The molecule has 4 nitrogen and oxygen atoms in total. The highest BCUT2D eigenvalue weighted by Gasteiger charge is 2.27. The van der Waals surface area contributed by atoms with E-state index in [1.165, 1.54) is 12.1 Å². The Balaban J connectivity index is 3.43. The van der Waals surface area contributed by atoms with Crippen LogP contribution >= 0.6 is 0 Å². The normalized spacial score (nSPS) is 12.5. The van der Waals surface area contributed by atoms with Gasteiger partial charge in [0.15, 0.2) is 0 Å². The van der Waals surface area contributed by atoms with Crippen LogP contribution in [0.25, 0.3) is 0 Å². The molecule has 0 radical (unpaired) electrons. The lowest BCUT2D eigenvalue weighted by atomic mass is 9.84. The van der Waals surface area contributed by atoms with Gasteiger partial charge in [-0.05, 0) is 17.5 Å². The van der Waals surface area contributed by atoms with Gasteiger partial charge in [0, 0.05) is 0 Å². The molecule has 0 aliphatic heterocycles. The first-order chi connectivity index (χ1) is 7.86. The van der Waals surface area contributed by atoms with E-state index < -0.39 is 23.5 Å². The zero-order valence-electron chi connectivity index (χ0n) is 9.74. The molecule has 0 heterocycles. The van der Waals surface area contributed by atoms with E-state index in [2.05, 4.69) is 0 Å². The maximum absolute atomic E-state index is 13.5. The van der Waals surface area contributed by atoms with Gasteiger partial charge < -0.3 is 11.5 Å². The van der Waals surface area contributed by atoms with Crippen LogP contribution in [0.2, 0.25) is 0 Å². The van der Waals surface area contributed by atoms with Crippen molar-refractivity contribution in [3.05, 3.63) is 35.1 Å². The van der Waals surface area contributed by atoms with Crippen LogP contribution in [0, 0.1) is 11.7 Å². The van der Waals surface area contributed by atoms with Crippen molar-refractivity contribution < 1.29 is 14.0 Å². The van der Waals surface area contributed by atoms with Gasteiger partial charge in [-0.1, -0.05) is 26.0 Å². The van der Waals surface area contributed by atoms with E-state index in [4.69, 9.17) is 11.5 Å². The van der Waals surface area contributed by atoms with Crippen molar-refractivity contribution in [2.45, 2.75) is 19.8 Å². The van der Waals surface area contributed by atoms with Crippen molar-refractivity contribution in [3.8, 4) is 0 Å². The summed E-state index contributed by atoms with van der Waals surface area (Å²) >= 11 is 0. The summed E-state index contributed by atoms with van der Waals surface area (Å²) in [6.45, 7) is 3.54. The summed E-state index contributed by atoms with van der Waals surface area (Å²) in [6, 6.07) is 4.05. The van der Waals surface area contributed by atoms with Crippen LogP contribution in [0.3, 0.4) is 0 Å². The van der Waals surface area contributed by atoms with Crippen LogP contribution in [-0.4, -0.2) is 11.8 Å². The second-order valence-corrected chi connectivity index (χ2v) is 4.19. The molecule has 5 heteroatoms. The average Bonchev–Trinajstić information content (AvgIpc) is 2.15. The Morgan fingerprint density at radius 3 is 2.24 bits per heavy atom. The highest BCUT2D eigenvalue weighted by atomic mass is 19.1. The van der Waals surface area contributed by atoms with Gasteiger partial charge in [-0.25, -0.2) is 4.39 Å². The monoisotopic (exact) mass is 238 g/mol. The van der Waals surface area contributed by atoms with Crippen molar-refractivity contribution in [1.29, 1.82) is 0 Å². The van der Waals surface area contributed by atoms with Crippen molar-refractivity contribution in [2.75, 3.05) is 0 Å². The van der Waals surface area contributed by atoms with Gasteiger partial charge in [-0.2, -0.15) is 0 Å². The summed E-state index contributed by atoms with van der Waals surface area (Å²) in [5.41, 5.74) is 10.4. The molecule has 17 heavy (non-hydrogen) atoms. The third kappa shape index (κ3) is 2.61. The van der Waals surface area contributed by atoms with Crippen molar-refractivity contribution in [1.82, 2.24) is 0 Å². The first-order valence-electron chi connectivity index (χ1n) is 5.23. The Morgan fingerprint density at radius 1 is 1.24 bits per heavy atom. The van der Waals surface area contributed by atoms with E-state index in [1.807, 2.05) is 0 Å². The largest absolute Gasteiger partial charge is 0.369 e. The molecule has 0 fully saturated rings. The highest BCUT2D eigenvalue weighted by Crippen LogP contribution is 2.28. The van der Waals surface area contributed by atoms with E-state index in [0.29, 0.717) is 0 Å². The zero-order valence-corrected chi connectivity index (χ0v) is 9.74. The summed E-state index contributed by atoms with van der Waals surface area (Å²) in [5, 5.41) is 0. The summed E-state index contributed by atoms with van der Waals surface area (Å²) in [7, 11) is 0. The van der Waals surface area contributed by atoms with Gasteiger partial charge in [0.1, 0.15) is 5.82 Å². The minimum atomic E-state index is -0.898. The Kier molecular flexibility index (Phi) is 3.83. The van der Waals surface area contributed by atoms with Gasteiger partial charge in [0.25, 0.3) is 5.91 Å². The minimum Gasteiger partial charge on any atom is -0.369 e. The first-order valence-corrected chi connectivity index (χ1v) is 5.23. The Hall–Kier alpha value is -1.91. The third-order valence-corrected chi connectivity index (χ3v) is 2.60. The second kappa shape index (κ2) is 4.95. The molecule has 1 atom stereocenters. The molecule has 2 amide bonds. The molecule has 0 aromatic heterocycles. The van der Waals surface area contributed by atoms with E-state index >= 15 is 0 Å². The van der Waals surface area contributed by atoms with Crippen LogP contribution in [0.5, 0.6) is 0 Å². The number of hydrogen-bond acceptors (Lipinski definition) is 2. The Morgan fingerprint density at radius 2 is 1.82 bits per heavy atom. The van der Waals surface area contributed by atoms with Crippen molar-refractivity contribution in [2.24, 2.45) is 17.4 Å². The molecule has 92 valence electrons. The summed E-state index contributed by atoms with van der Waals surface area (Å²) in [6.07, 6.45) is 0. The molecule has 0 saturated carbocycles. The number of nitrogens with two attached hydrogens (primary N) is 2. The molecule has 1 rings (SSSR count). The average molecular weight is 238 g/mol. The van der Waals surface area contributed by atoms with Gasteiger partial charge in [0.05, 0.1) is 11.5 Å². The van der Waals surface area contributed by atoms with Crippen LogP contribution in [0.1, 0.15) is 35.7 Å². The highest BCUT2D eigenvalue weighted by molar-refractivity contribution is 5.97. The van der Waals surface area contributed by atoms with Crippen LogP contribution in [-0.2, 0) is 4.79 Å². The fraction of sp³-hybridized carbons (Fsp3) is 0.333. The van der Waals surface area contributed by atoms with E-state index in [9.17, 15) is 14.0 Å². The van der Waals surface area contributed by atoms with Crippen molar-refractivity contribution in [3.63, 3.8) is 0 Å². The lowest BCUT2D eigenvalue weighted by Gasteiger charge is -2.20. The van der Waals surface area contributed by atoms with E-state index in [0.717, 1.165) is 6.07 Å². The molecule has 0 aliphatic rings. The van der Waals surface area contributed by atoms with E-state index in [-0.39, 0.29) is 17.0 Å². The Labute approximate surface area is 98.8 Å². The lowest BCUT2D eigenvalue weighted by Crippen LogP contribution is -2.28. The SMILES string of the molecule is CC(C)[C@H](C(N)=O)c1cccc(F)c1C(N)=O. The molecule has 0 bridgehead atoms. The molecule has 1 aromatic rings. The Bertz CT molecular complexity index is 458. The van der Waals surface area contributed by atoms with Gasteiger partial charge in [-0.15, -0.1) is 0 Å². The fourth-order valence-corrected chi connectivity index (χ4v) is 1.90. The number of hydrogen-bond donors (Lipinski definition) is 2. The molecule has 0 unspecified atom stereocenters. The lowest BCUT2D eigenvalue weighted by molar-refractivity contribution is -0.120. The molecule has 4 N–H and O–H groups in total. The maximum atomic E-state index is 13.5. The molecular weight excluding hydrogens is 223 g/mol. The summed E-state index contributed by atoms with van der Waals surface area (Å²) in [5.74, 6) is -3.11. The molecule has 0 spiro atoms. The molecule has 0 saturated heterocycles. The third-order valence-electron chi connectivity index (χ3n) is 2.60. The molecule has 0 aliphatic carbocycles. The number of halogens is 1. The second-order valence-electron chi connectivity index (χ2n) is 4.19. The molecular formula is C12H15FN2O2. The van der Waals surface area contributed by atoms with Crippen LogP contribution < -0.4 is 11.5 Å². The standard InChI is InChI=1S/C12H15FN2O2/c1-6(2)9(11(14)16)7-4-3-5-8(13)10(7)12(15)17/h3-6,9H,1-2H3,(H2,14,16)(H2,15,17)/t9-/m0/s1. The number of carbonyl (C=O) groups excluding carboxylic acids is 2. The van der Waals surface area contributed by atoms with Crippen molar-refractivity contribution >= 4 is 11.8 Å². The number of rotatable bonds is 4. The predicted octanol–water partition coefficient (Wildman–Crippen LogP) is 1.15. The number of benzene rings is 1. The van der Waals surface area contributed by atoms with Gasteiger partial charge >= 0.3 is 0 Å². The first kappa shape index (κ1) is 13.2. The van der Waals surface area contributed by atoms with Gasteiger partial charge in [0.2, 0.25) is 5.91 Å².